The summed E-state index contributed by atoms with van der Waals surface area (Å²) in [6, 6.07) is 12.3. The highest BCUT2D eigenvalue weighted by Gasteiger charge is 2.54. The lowest BCUT2D eigenvalue weighted by Crippen LogP contribution is -2.44. The predicted octanol–water partition coefficient (Wildman–Crippen LogP) is 4.90. The smallest absolute Gasteiger partial charge is 0.308 e. The fourth-order valence-corrected chi connectivity index (χ4v) is 6.51. The van der Waals surface area contributed by atoms with Gasteiger partial charge in [-0.25, -0.2) is 8.42 Å². The second-order valence-corrected chi connectivity index (χ2v) is 10.9. The number of hydrogen-bond donors (Lipinski definition) is 1. The Bertz CT molecular complexity index is 1010. The molecule has 0 bridgehead atoms. The highest BCUT2D eigenvalue weighted by Crippen LogP contribution is 2.49. The number of benzene rings is 2. The molecule has 7 heteroatoms. The third-order valence-corrected chi connectivity index (χ3v) is 7.92. The maximum Gasteiger partial charge on any atom is 0.308 e. The van der Waals surface area contributed by atoms with Crippen LogP contribution in [0, 0.1) is 18.3 Å². The van der Waals surface area contributed by atoms with E-state index in [0.717, 1.165) is 0 Å². The van der Waals surface area contributed by atoms with Crippen molar-refractivity contribution >= 4 is 27.6 Å². The molecule has 0 aromatic heterocycles. The third-order valence-electron chi connectivity index (χ3n) is 5.62. The van der Waals surface area contributed by atoms with Crippen LogP contribution in [-0.4, -0.2) is 29.8 Å². The van der Waals surface area contributed by atoms with Gasteiger partial charge in [0.2, 0.25) is 10.0 Å². The van der Waals surface area contributed by atoms with Crippen LogP contribution in [0.25, 0.3) is 0 Å². The normalized spacial score (nSPS) is 23.3. The Morgan fingerprint density at radius 1 is 1.10 bits per heavy atom. The topological polar surface area (TPSA) is 74.7 Å². The minimum absolute atomic E-state index is 0.208. The van der Waals surface area contributed by atoms with Crippen LogP contribution in [-0.2, 0) is 14.8 Å². The Hall–Kier alpha value is -1.89. The molecular formula is C22H26ClNO4S. The standard InChI is InChI=1S/C22H26ClNO4S/c1-14-7-5-6-8-18(14)29(27,28)24-19(22(2,3)4)13-17(21(25)26)20(24)15-9-11-16(23)12-10-15/h5-12,17,19-20H,13H2,1-4H3,(H,25,26)/t17-,19+,20+/m1/s1. The van der Waals surface area contributed by atoms with E-state index >= 15 is 0 Å². The van der Waals surface area contributed by atoms with Gasteiger partial charge in [0.1, 0.15) is 0 Å². The maximum absolute atomic E-state index is 13.8. The molecule has 3 rings (SSSR count). The quantitative estimate of drug-likeness (QED) is 0.741. The minimum Gasteiger partial charge on any atom is -0.481 e. The molecule has 2 aromatic rings. The van der Waals surface area contributed by atoms with Crippen molar-refractivity contribution in [3.05, 3.63) is 64.7 Å². The van der Waals surface area contributed by atoms with Gasteiger partial charge in [-0.3, -0.25) is 4.79 Å². The highest BCUT2D eigenvalue weighted by molar-refractivity contribution is 7.89. The lowest BCUT2D eigenvalue weighted by molar-refractivity contribution is -0.142. The summed E-state index contributed by atoms with van der Waals surface area (Å²) >= 11 is 6.01. The number of halogens is 1. The molecule has 0 aliphatic carbocycles. The molecule has 1 heterocycles. The van der Waals surface area contributed by atoms with Gasteiger partial charge in [0.25, 0.3) is 0 Å². The zero-order valence-corrected chi connectivity index (χ0v) is 18.5. The van der Waals surface area contributed by atoms with Crippen LogP contribution in [0.2, 0.25) is 5.02 Å². The van der Waals surface area contributed by atoms with Crippen LogP contribution in [0.15, 0.2) is 53.4 Å². The Balaban J connectivity index is 2.25. The van der Waals surface area contributed by atoms with Crippen LogP contribution in [0.5, 0.6) is 0 Å². The van der Waals surface area contributed by atoms with E-state index in [1.54, 1.807) is 55.5 Å². The van der Waals surface area contributed by atoms with Crippen LogP contribution in [0.3, 0.4) is 0 Å². The first-order valence-electron chi connectivity index (χ1n) is 9.52. The first-order valence-corrected chi connectivity index (χ1v) is 11.3. The number of hydrogen-bond acceptors (Lipinski definition) is 3. The highest BCUT2D eigenvalue weighted by atomic mass is 35.5. The lowest BCUT2D eigenvalue weighted by Gasteiger charge is -2.37. The number of carboxylic acids is 1. The van der Waals surface area contributed by atoms with Crippen LogP contribution in [0.1, 0.15) is 44.4 Å². The van der Waals surface area contributed by atoms with Crippen molar-refractivity contribution in [2.45, 2.75) is 51.1 Å². The summed E-state index contributed by atoms with van der Waals surface area (Å²) in [5, 5.41) is 10.5. The van der Waals surface area contributed by atoms with Crippen LogP contribution >= 0.6 is 11.6 Å². The van der Waals surface area contributed by atoms with Crippen molar-refractivity contribution in [2.75, 3.05) is 0 Å². The van der Waals surface area contributed by atoms with Crippen molar-refractivity contribution in [1.29, 1.82) is 0 Å². The molecule has 156 valence electrons. The first kappa shape index (κ1) is 21.8. The lowest BCUT2D eigenvalue weighted by atomic mass is 9.83. The first-order chi connectivity index (χ1) is 13.4. The minimum atomic E-state index is -3.94. The molecule has 0 saturated carbocycles. The summed E-state index contributed by atoms with van der Waals surface area (Å²) < 4.78 is 29.1. The summed E-state index contributed by atoms with van der Waals surface area (Å²) in [6.45, 7) is 7.59. The van der Waals surface area contributed by atoms with E-state index in [1.165, 1.54) is 4.31 Å². The van der Waals surface area contributed by atoms with Gasteiger partial charge in [-0.1, -0.05) is 62.7 Å². The van der Waals surface area contributed by atoms with Crippen LogP contribution in [0.4, 0.5) is 0 Å². The fraction of sp³-hybridized carbons (Fsp3) is 0.409. The van der Waals surface area contributed by atoms with Crippen molar-refractivity contribution in [3.8, 4) is 0 Å². The Labute approximate surface area is 177 Å². The molecule has 1 fully saturated rings. The largest absolute Gasteiger partial charge is 0.481 e. The molecule has 2 aromatic carbocycles. The van der Waals surface area contributed by atoms with Gasteiger partial charge < -0.3 is 5.11 Å². The molecule has 1 saturated heterocycles. The predicted molar refractivity (Wildman–Crippen MR) is 113 cm³/mol. The number of sulfonamides is 1. The summed E-state index contributed by atoms with van der Waals surface area (Å²) in [7, 11) is -3.94. The maximum atomic E-state index is 13.8. The van der Waals surface area contributed by atoms with Crippen molar-refractivity contribution in [2.24, 2.45) is 11.3 Å². The monoisotopic (exact) mass is 435 g/mol. The molecule has 29 heavy (non-hydrogen) atoms. The summed E-state index contributed by atoms with van der Waals surface area (Å²) in [6.07, 6.45) is 0.247. The molecule has 0 spiro atoms. The van der Waals surface area contributed by atoms with Gasteiger partial charge in [0.15, 0.2) is 0 Å². The zero-order valence-electron chi connectivity index (χ0n) is 17.0. The average molecular weight is 436 g/mol. The Morgan fingerprint density at radius 2 is 1.69 bits per heavy atom. The second kappa shape index (κ2) is 7.74. The summed E-state index contributed by atoms with van der Waals surface area (Å²) in [5.41, 5.74) is 0.824. The molecule has 0 radical (unpaired) electrons. The number of aryl methyl sites for hydroxylation is 1. The molecular weight excluding hydrogens is 410 g/mol. The van der Waals surface area contributed by atoms with E-state index in [4.69, 9.17) is 11.6 Å². The molecule has 5 nitrogen and oxygen atoms in total. The Kier molecular flexibility index (Phi) is 5.82. The fourth-order valence-electron chi connectivity index (χ4n) is 4.13. The van der Waals surface area contributed by atoms with Crippen molar-refractivity contribution in [3.63, 3.8) is 0 Å². The van der Waals surface area contributed by atoms with Crippen molar-refractivity contribution in [1.82, 2.24) is 4.31 Å². The number of carboxylic acid groups (broad SMARTS) is 1. The van der Waals surface area contributed by atoms with Crippen molar-refractivity contribution < 1.29 is 18.3 Å². The second-order valence-electron chi connectivity index (χ2n) is 8.66. The number of carbonyl (C=O) groups is 1. The van der Waals surface area contributed by atoms with E-state index < -0.39 is 39.4 Å². The van der Waals surface area contributed by atoms with E-state index in [0.29, 0.717) is 16.1 Å². The Morgan fingerprint density at radius 3 is 2.21 bits per heavy atom. The zero-order chi connectivity index (χ0) is 21.6. The third kappa shape index (κ3) is 4.06. The van der Waals surface area contributed by atoms with Gasteiger partial charge >= 0.3 is 5.97 Å². The average Bonchev–Trinajstić information content (AvgIpc) is 3.04. The van der Waals surface area contributed by atoms with Gasteiger partial charge in [-0.2, -0.15) is 4.31 Å². The van der Waals surface area contributed by atoms with E-state index in [9.17, 15) is 18.3 Å². The van der Waals surface area contributed by atoms with Gasteiger partial charge in [-0.15, -0.1) is 0 Å². The number of rotatable bonds is 4. The van der Waals surface area contributed by atoms with E-state index in [2.05, 4.69) is 0 Å². The molecule has 1 N–H and O–H groups in total. The molecule has 1 aliphatic heterocycles. The van der Waals surface area contributed by atoms with Crippen LogP contribution < -0.4 is 0 Å². The van der Waals surface area contributed by atoms with Gasteiger partial charge in [-0.05, 0) is 48.1 Å². The molecule has 0 unspecified atom stereocenters. The number of nitrogens with zero attached hydrogens (tertiary/aromatic N) is 1. The van der Waals surface area contributed by atoms with E-state index in [1.807, 2.05) is 20.8 Å². The van der Waals surface area contributed by atoms with E-state index in [-0.39, 0.29) is 11.3 Å². The summed E-state index contributed by atoms with van der Waals surface area (Å²) in [4.78, 5) is 12.4. The van der Waals surface area contributed by atoms with Gasteiger partial charge in [0.05, 0.1) is 16.9 Å². The summed E-state index contributed by atoms with van der Waals surface area (Å²) in [5.74, 6) is -1.85. The SMILES string of the molecule is Cc1ccccc1S(=O)(=O)N1[C@H](C(C)(C)C)C[C@@H](C(=O)O)[C@@H]1c1ccc(Cl)cc1. The molecule has 0 amide bonds. The number of aliphatic carboxylic acids is 1. The van der Waals surface area contributed by atoms with Gasteiger partial charge in [0, 0.05) is 11.1 Å². The molecule has 3 atom stereocenters. The molecule has 1 aliphatic rings.